The molecule has 4 heteroatoms. The van der Waals surface area contributed by atoms with Crippen molar-refractivity contribution in [1.29, 1.82) is 5.26 Å². The molecule has 0 spiro atoms. The van der Waals surface area contributed by atoms with Gasteiger partial charge in [0.25, 0.3) is 0 Å². The van der Waals surface area contributed by atoms with Gasteiger partial charge in [0.05, 0.1) is 7.11 Å². The van der Waals surface area contributed by atoms with Gasteiger partial charge in [0.15, 0.2) is 0 Å². The summed E-state index contributed by atoms with van der Waals surface area (Å²) in [5.74, 6) is 0.0939. The predicted molar refractivity (Wildman–Crippen MR) is 87.4 cm³/mol. The minimum atomic E-state index is -0.621. The summed E-state index contributed by atoms with van der Waals surface area (Å²) in [7, 11) is 1.58. The largest absolute Gasteiger partial charge is 0.497 e. The first-order valence-electron chi connectivity index (χ1n) is 7.12. The van der Waals surface area contributed by atoms with E-state index in [1.165, 1.54) is 0 Å². The lowest BCUT2D eigenvalue weighted by atomic mass is 10.0. The number of allylic oxidation sites excluding steroid dienone is 1. The summed E-state index contributed by atoms with van der Waals surface area (Å²) in [6.07, 6.45) is 0. The molecule has 0 saturated heterocycles. The first kappa shape index (κ1) is 16.3. The molecule has 0 unspecified atom stereocenters. The van der Waals surface area contributed by atoms with E-state index in [-0.39, 0.29) is 12.2 Å². The van der Waals surface area contributed by atoms with Crippen molar-refractivity contribution >= 4 is 11.5 Å². The van der Waals surface area contributed by atoms with Gasteiger partial charge in [-0.2, -0.15) is 5.26 Å². The summed E-state index contributed by atoms with van der Waals surface area (Å²) in [6, 6.07) is 18.4. The average Bonchev–Trinajstić information content (AvgIpc) is 2.61. The van der Waals surface area contributed by atoms with Crippen LogP contribution in [0.15, 0.2) is 60.2 Å². The second-order valence-corrected chi connectivity index (χ2v) is 4.90. The molecule has 4 nitrogen and oxygen atoms in total. The molecule has 2 aromatic carbocycles. The first-order valence-corrected chi connectivity index (χ1v) is 7.12. The van der Waals surface area contributed by atoms with Crippen LogP contribution in [0.3, 0.4) is 0 Å². The number of ether oxygens (including phenoxy) is 2. The number of carbonyl (C=O) groups excluding carboxylic acids is 1. The van der Waals surface area contributed by atoms with E-state index in [0.717, 1.165) is 11.1 Å². The molecule has 0 aromatic heterocycles. The fourth-order valence-electron chi connectivity index (χ4n) is 2.06. The molecule has 0 N–H and O–H groups in total. The van der Waals surface area contributed by atoms with Crippen LogP contribution in [0.1, 0.15) is 18.1 Å². The zero-order valence-corrected chi connectivity index (χ0v) is 13.1. The minimum absolute atomic E-state index is 0.00565. The predicted octanol–water partition coefficient (Wildman–Crippen LogP) is 3.74. The maximum atomic E-state index is 12.2. The molecule has 0 saturated carbocycles. The van der Waals surface area contributed by atoms with Gasteiger partial charge in [-0.1, -0.05) is 42.5 Å². The summed E-state index contributed by atoms with van der Waals surface area (Å²) in [5, 5.41) is 9.29. The van der Waals surface area contributed by atoms with Crippen molar-refractivity contribution < 1.29 is 14.3 Å². The normalized spacial score (nSPS) is 11.2. The molecule has 0 fully saturated rings. The molecule has 0 aliphatic heterocycles. The Kier molecular flexibility index (Phi) is 5.54. The second-order valence-electron chi connectivity index (χ2n) is 4.90. The quantitative estimate of drug-likeness (QED) is 0.480. The van der Waals surface area contributed by atoms with Crippen LogP contribution in [0.25, 0.3) is 5.57 Å². The number of hydrogen-bond acceptors (Lipinski definition) is 4. The number of benzene rings is 2. The van der Waals surface area contributed by atoms with Gasteiger partial charge in [-0.15, -0.1) is 0 Å². The number of nitriles is 1. The van der Waals surface area contributed by atoms with Gasteiger partial charge >= 0.3 is 5.97 Å². The Bertz CT molecular complexity index is 740. The summed E-state index contributed by atoms with van der Waals surface area (Å²) in [6.45, 7) is 1.87. The van der Waals surface area contributed by atoms with Gasteiger partial charge in [0.1, 0.15) is 24.0 Å². The van der Waals surface area contributed by atoms with Crippen LogP contribution in [0, 0.1) is 11.3 Å². The number of hydrogen-bond donors (Lipinski definition) is 0. The topological polar surface area (TPSA) is 59.3 Å². The smallest absolute Gasteiger partial charge is 0.349 e. The van der Waals surface area contributed by atoms with Crippen LogP contribution in [-0.2, 0) is 16.1 Å². The van der Waals surface area contributed by atoms with Gasteiger partial charge in [0.2, 0.25) is 0 Å². The number of carbonyl (C=O) groups is 1. The van der Waals surface area contributed by atoms with Crippen molar-refractivity contribution in [2.75, 3.05) is 7.11 Å². The van der Waals surface area contributed by atoms with Gasteiger partial charge in [0, 0.05) is 0 Å². The fourth-order valence-corrected chi connectivity index (χ4v) is 2.06. The highest BCUT2D eigenvalue weighted by Crippen LogP contribution is 2.22. The van der Waals surface area contributed by atoms with Crippen LogP contribution in [-0.4, -0.2) is 13.1 Å². The van der Waals surface area contributed by atoms with Crippen LogP contribution in [0.4, 0.5) is 0 Å². The van der Waals surface area contributed by atoms with Crippen LogP contribution in [0.2, 0.25) is 0 Å². The van der Waals surface area contributed by atoms with Crippen LogP contribution < -0.4 is 4.74 Å². The Morgan fingerprint density at radius 3 is 2.30 bits per heavy atom. The van der Waals surface area contributed by atoms with Crippen molar-refractivity contribution in [1.82, 2.24) is 0 Å². The highest BCUT2D eigenvalue weighted by atomic mass is 16.5. The van der Waals surface area contributed by atoms with E-state index in [1.807, 2.05) is 36.4 Å². The molecule has 2 rings (SSSR count). The van der Waals surface area contributed by atoms with Gasteiger partial charge in [-0.25, -0.2) is 4.79 Å². The molecule has 0 aliphatic rings. The Hall–Kier alpha value is -3.06. The van der Waals surface area contributed by atoms with E-state index in [4.69, 9.17) is 9.47 Å². The zero-order valence-electron chi connectivity index (χ0n) is 13.1. The molecule has 116 valence electrons. The maximum absolute atomic E-state index is 12.2. The van der Waals surface area contributed by atoms with Crippen molar-refractivity contribution in [3.8, 4) is 11.8 Å². The van der Waals surface area contributed by atoms with Crippen molar-refractivity contribution in [3.63, 3.8) is 0 Å². The molecule has 23 heavy (non-hydrogen) atoms. The highest BCUT2D eigenvalue weighted by molar-refractivity contribution is 6.01. The van der Waals surface area contributed by atoms with E-state index in [2.05, 4.69) is 0 Å². The molecule has 0 aliphatic carbocycles. The van der Waals surface area contributed by atoms with E-state index < -0.39 is 5.97 Å². The summed E-state index contributed by atoms with van der Waals surface area (Å²) in [5.41, 5.74) is 2.23. The molecular weight excluding hydrogens is 290 g/mol. The number of rotatable bonds is 5. The Balaban J connectivity index is 2.15. The highest BCUT2D eigenvalue weighted by Gasteiger charge is 2.15. The third-order valence-corrected chi connectivity index (χ3v) is 3.43. The number of nitrogens with zero attached hydrogens (tertiary/aromatic N) is 1. The standard InChI is InChI=1S/C19H17NO3/c1-14(16-8-10-17(22-2)11-9-16)18(12-20)19(21)23-13-15-6-4-3-5-7-15/h3-11H,13H2,1-2H3. The summed E-state index contributed by atoms with van der Waals surface area (Å²) >= 11 is 0. The lowest BCUT2D eigenvalue weighted by molar-refractivity contribution is -0.139. The Morgan fingerprint density at radius 2 is 1.74 bits per heavy atom. The third-order valence-electron chi connectivity index (χ3n) is 3.43. The van der Waals surface area contributed by atoms with Gasteiger partial charge in [-0.3, -0.25) is 0 Å². The van der Waals surface area contributed by atoms with E-state index in [9.17, 15) is 10.1 Å². The lowest BCUT2D eigenvalue weighted by Gasteiger charge is -2.08. The Labute approximate surface area is 135 Å². The second kappa shape index (κ2) is 7.81. The molecule has 0 amide bonds. The monoisotopic (exact) mass is 307 g/mol. The molecular formula is C19H17NO3. The minimum Gasteiger partial charge on any atom is -0.497 e. The Morgan fingerprint density at radius 1 is 1.09 bits per heavy atom. The molecule has 0 atom stereocenters. The fraction of sp³-hybridized carbons (Fsp3) is 0.158. The van der Waals surface area contributed by atoms with Gasteiger partial charge < -0.3 is 9.47 Å². The zero-order chi connectivity index (χ0) is 16.7. The SMILES string of the molecule is COc1ccc(C(C)=C(C#N)C(=O)OCc2ccccc2)cc1. The number of methoxy groups -OCH3 is 1. The summed E-state index contributed by atoms with van der Waals surface area (Å²) in [4.78, 5) is 12.2. The van der Waals surface area contributed by atoms with Crippen LogP contribution >= 0.6 is 0 Å². The lowest BCUT2D eigenvalue weighted by Crippen LogP contribution is -2.08. The van der Waals surface area contributed by atoms with E-state index >= 15 is 0 Å². The number of esters is 1. The average molecular weight is 307 g/mol. The molecule has 0 bridgehead atoms. The first-order chi connectivity index (χ1) is 11.2. The van der Waals surface area contributed by atoms with E-state index in [0.29, 0.717) is 11.3 Å². The van der Waals surface area contributed by atoms with Crippen molar-refractivity contribution in [2.45, 2.75) is 13.5 Å². The van der Waals surface area contributed by atoms with Crippen molar-refractivity contribution in [2.24, 2.45) is 0 Å². The summed E-state index contributed by atoms with van der Waals surface area (Å²) < 4.78 is 10.3. The molecule has 2 aromatic rings. The maximum Gasteiger partial charge on any atom is 0.349 e. The van der Waals surface area contributed by atoms with Gasteiger partial charge in [-0.05, 0) is 35.8 Å². The molecule has 0 heterocycles. The third kappa shape index (κ3) is 4.21. The van der Waals surface area contributed by atoms with Crippen LogP contribution in [0.5, 0.6) is 5.75 Å². The van der Waals surface area contributed by atoms with E-state index in [1.54, 1.807) is 38.3 Å². The molecule has 0 radical (unpaired) electrons. The van der Waals surface area contributed by atoms with Crippen molar-refractivity contribution in [3.05, 3.63) is 71.3 Å².